The van der Waals surface area contributed by atoms with Gasteiger partial charge in [-0.25, -0.2) is 28.7 Å². The molecule has 1 saturated carbocycles. The lowest BCUT2D eigenvalue weighted by atomic mass is 10.1. The maximum absolute atomic E-state index is 15.1. The van der Waals surface area contributed by atoms with Crippen molar-refractivity contribution in [2.45, 2.75) is 38.0 Å². The molecule has 3 heterocycles. The van der Waals surface area contributed by atoms with Gasteiger partial charge in [0.2, 0.25) is 12.7 Å². The second-order valence-corrected chi connectivity index (χ2v) is 9.09. The van der Waals surface area contributed by atoms with Gasteiger partial charge in [0, 0.05) is 19.2 Å². The molecule has 1 atom stereocenters. The lowest BCUT2D eigenvalue weighted by Gasteiger charge is -2.18. The number of methoxy groups -OCH3 is 1. The maximum Gasteiger partial charge on any atom is 0.434 e. The van der Waals surface area contributed by atoms with Gasteiger partial charge in [0.1, 0.15) is 29.6 Å². The molecule has 0 unspecified atom stereocenters. The predicted octanol–water partition coefficient (Wildman–Crippen LogP) is 5.82. The molecule has 1 aliphatic rings. The van der Waals surface area contributed by atoms with E-state index in [1.807, 2.05) is 0 Å². The molecule has 0 spiro atoms. The number of benzene rings is 1. The van der Waals surface area contributed by atoms with Crippen molar-refractivity contribution in [1.82, 2.24) is 29.5 Å². The van der Waals surface area contributed by atoms with Crippen LogP contribution in [0, 0.1) is 5.82 Å². The highest BCUT2D eigenvalue weighted by atomic mass is 19.4. The molecule has 4 aromatic rings. The summed E-state index contributed by atoms with van der Waals surface area (Å²) in [7, 11) is 2.75. The Morgan fingerprint density at radius 3 is 2.50 bits per heavy atom. The number of aryl methyl sites for hydroxylation is 1. The Bertz CT molecular complexity index is 1540. The third-order valence-corrected chi connectivity index (χ3v) is 6.32. The summed E-state index contributed by atoms with van der Waals surface area (Å²) in [6.45, 7) is 0.527. The van der Waals surface area contributed by atoms with Crippen LogP contribution in [0.25, 0.3) is 22.8 Å². The van der Waals surface area contributed by atoms with Crippen molar-refractivity contribution in [3.63, 3.8) is 0 Å². The quantitative estimate of drug-likeness (QED) is 0.235. The number of hydrogen-bond donors (Lipinski definition) is 0. The monoisotopic (exact) mass is 562 g/mol. The Balaban J connectivity index is 1.45. The van der Waals surface area contributed by atoms with Crippen LogP contribution in [0.1, 0.15) is 48.7 Å². The van der Waals surface area contributed by atoms with Crippen molar-refractivity contribution in [3.05, 3.63) is 59.7 Å². The second-order valence-electron chi connectivity index (χ2n) is 9.09. The molecule has 0 saturated heterocycles. The normalized spacial score (nSPS) is 14.2. The molecule has 9 nitrogen and oxygen atoms in total. The fraction of sp³-hybridized carbons (Fsp3) is 0.346. The molecule has 1 aromatic carbocycles. The van der Waals surface area contributed by atoms with Crippen molar-refractivity contribution in [1.29, 1.82) is 0 Å². The molecule has 14 heteroatoms. The molecule has 0 amide bonds. The smallest absolute Gasteiger partial charge is 0.434 e. The zero-order chi connectivity index (χ0) is 28.6. The van der Waals surface area contributed by atoms with E-state index in [4.69, 9.17) is 14.2 Å². The number of aromatic nitrogens is 6. The SMILES string of the molecule is COc1cnc(-c2c(OCF)ncnc2C2CC2)nc1O[C@H](C)c1ccc(-c2nc(C(F)(F)F)cn2C)c(F)c1. The minimum absolute atomic E-state index is 0.0100. The number of ether oxygens (including phenoxy) is 3. The highest BCUT2D eigenvalue weighted by Gasteiger charge is 2.35. The van der Waals surface area contributed by atoms with Crippen LogP contribution in [0.15, 0.2) is 36.9 Å². The van der Waals surface area contributed by atoms with E-state index in [1.54, 1.807) is 6.92 Å². The Labute approximate surface area is 225 Å². The van der Waals surface area contributed by atoms with Crippen molar-refractivity contribution in [2.24, 2.45) is 7.05 Å². The van der Waals surface area contributed by atoms with Gasteiger partial charge in [-0.05, 0) is 37.5 Å². The Morgan fingerprint density at radius 1 is 1.10 bits per heavy atom. The molecule has 0 aliphatic heterocycles. The van der Waals surface area contributed by atoms with Gasteiger partial charge >= 0.3 is 6.18 Å². The maximum atomic E-state index is 15.1. The average Bonchev–Trinajstić information content (AvgIpc) is 3.69. The van der Waals surface area contributed by atoms with Gasteiger partial charge in [-0.2, -0.15) is 18.2 Å². The Morgan fingerprint density at radius 2 is 1.88 bits per heavy atom. The van der Waals surface area contributed by atoms with E-state index < -0.39 is 30.7 Å². The van der Waals surface area contributed by atoms with Gasteiger partial charge < -0.3 is 18.8 Å². The topological polar surface area (TPSA) is 97.1 Å². The summed E-state index contributed by atoms with van der Waals surface area (Å²) >= 11 is 0. The minimum Gasteiger partial charge on any atom is -0.490 e. The molecule has 210 valence electrons. The van der Waals surface area contributed by atoms with Gasteiger partial charge in [0.05, 0.1) is 24.6 Å². The summed E-state index contributed by atoms with van der Waals surface area (Å²) < 4.78 is 84.9. The number of nitrogens with zero attached hydrogens (tertiary/aromatic N) is 6. The first-order valence-electron chi connectivity index (χ1n) is 12.1. The van der Waals surface area contributed by atoms with Gasteiger partial charge in [0.15, 0.2) is 17.3 Å². The van der Waals surface area contributed by atoms with E-state index in [9.17, 15) is 17.6 Å². The highest BCUT2D eigenvalue weighted by Crippen LogP contribution is 2.45. The summed E-state index contributed by atoms with van der Waals surface area (Å²) in [5, 5.41) is 0. The van der Waals surface area contributed by atoms with E-state index in [0.29, 0.717) is 16.8 Å². The van der Waals surface area contributed by atoms with Gasteiger partial charge in [0.25, 0.3) is 5.88 Å². The number of hydrogen-bond acceptors (Lipinski definition) is 8. The zero-order valence-corrected chi connectivity index (χ0v) is 21.5. The second kappa shape index (κ2) is 10.7. The first kappa shape index (κ1) is 27.2. The Hall–Kier alpha value is -4.36. The zero-order valence-electron chi connectivity index (χ0n) is 21.5. The van der Waals surface area contributed by atoms with E-state index >= 15 is 4.39 Å². The molecule has 0 N–H and O–H groups in total. The van der Waals surface area contributed by atoms with Crippen molar-refractivity contribution in [2.75, 3.05) is 14.0 Å². The van der Waals surface area contributed by atoms with E-state index in [-0.39, 0.29) is 40.6 Å². The van der Waals surface area contributed by atoms with E-state index in [0.717, 1.165) is 29.7 Å². The molecule has 0 radical (unpaired) electrons. The fourth-order valence-corrected chi connectivity index (χ4v) is 4.17. The molecular formula is C26H23F5N6O3. The average molecular weight is 562 g/mol. The van der Waals surface area contributed by atoms with Crippen LogP contribution < -0.4 is 14.2 Å². The third kappa shape index (κ3) is 5.38. The number of alkyl halides is 4. The summed E-state index contributed by atoms with van der Waals surface area (Å²) in [6, 6.07) is 4.00. The van der Waals surface area contributed by atoms with Crippen molar-refractivity contribution in [3.8, 4) is 40.3 Å². The van der Waals surface area contributed by atoms with Gasteiger partial charge in [-0.3, -0.25) is 0 Å². The van der Waals surface area contributed by atoms with Crippen LogP contribution in [-0.2, 0) is 13.2 Å². The largest absolute Gasteiger partial charge is 0.490 e. The minimum atomic E-state index is -4.66. The summed E-state index contributed by atoms with van der Waals surface area (Å²) in [5.41, 5.74) is 0.116. The van der Waals surface area contributed by atoms with Crippen LogP contribution in [-0.4, -0.2) is 43.5 Å². The standard InChI is InChI=1S/C26H23F5N6O3/c1-13(15-6-7-16(17(28)8-15)23-35-19(10-37(23)2)26(29,30)31)40-24-18(38-3)9-32-22(36-24)20-21(14-4-5-14)33-12-34-25(20)39-11-27/h6-10,12-14H,4-5,11H2,1-3H3/t13-/m1/s1. The predicted molar refractivity (Wildman–Crippen MR) is 131 cm³/mol. The summed E-state index contributed by atoms with van der Waals surface area (Å²) in [6.07, 6.45) is -0.184. The molecule has 1 aliphatic carbocycles. The van der Waals surface area contributed by atoms with Crippen LogP contribution in [0.3, 0.4) is 0 Å². The van der Waals surface area contributed by atoms with Crippen LogP contribution in [0.5, 0.6) is 17.5 Å². The molecule has 1 fully saturated rings. The van der Waals surface area contributed by atoms with Crippen molar-refractivity contribution >= 4 is 0 Å². The third-order valence-electron chi connectivity index (χ3n) is 6.32. The molecular weight excluding hydrogens is 539 g/mol. The number of rotatable bonds is 9. The van der Waals surface area contributed by atoms with E-state index in [1.165, 1.54) is 38.8 Å². The summed E-state index contributed by atoms with van der Waals surface area (Å²) in [4.78, 5) is 20.7. The Kier molecular flexibility index (Phi) is 7.25. The lowest BCUT2D eigenvalue weighted by Crippen LogP contribution is -2.09. The lowest BCUT2D eigenvalue weighted by molar-refractivity contribution is -0.140. The van der Waals surface area contributed by atoms with Crippen molar-refractivity contribution < 1.29 is 36.2 Å². The van der Waals surface area contributed by atoms with Gasteiger partial charge in [-0.15, -0.1) is 0 Å². The fourth-order valence-electron chi connectivity index (χ4n) is 4.17. The number of imidazole rings is 1. The van der Waals surface area contributed by atoms with Crippen LogP contribution in [0.4, 0.5) is 22.0 Å². The molecule has 0 bridgehead atoms. The van der Waals surface area contributed by atoms with Crippen LogP contribution in [0.2, 0.25) is 0 Å². The highest BCUT2D eigenvalue weighted by molar-refractivity contribution is 5.66. The first-order valence-corrected chi connectivity index (χ1v) is 12.1. The molecule has 3 aromatic heterocycles. The number of halogens is 5. The van der Waals surface area contributed by atoms with Crippen LogP contribution >= 0.6 is 0 Å². The first-order chi connectivity index (χ1) is 19.1. The summed E-state index contributed by atoms with van der Waals surface area (Å²) in [5.74, 6) is -0.501. The molecule has 5 rings (SSSR count). The van der Waals surface area contributed by atoms with Gasteiger partial charge in [-0.1, -0.05) is 6.07 Å². The van der Waals surface area contributed by atoms with E-state index in [2.05, 4.69) is 24.9 Å². The molecule has 40 heavy (non-hydrogen) atoms.